The van der Waals surface area contributed by atoms with Crippen LogP contribution in [0.4, 0.5) is 0 Å². The van der Waals surface area contributed by atoms with E-state index in [1.54, 1.807) is 0 Å². The highest BCUT2D eigenvalue weighted by atomic mass is 35.5. The Hall–Kier alpha value is -1.60. The first kappa shape index (κ1) is 15.8. The van der Waals surface area contributed by atoms with Gasteiger partial charge in [-0.3, -0.25) is 4.79 Å². The third kappa shape index (κ3) is 3.19. The minimum atomic E-state index is -1.34. The van der Waals surface area contributed by atoms with Crippen LogP contribution in [0.25, 0.3) is 10.9 Å². The number of hydrogen-bond donors (Lipinski definition) is 2. The number of halogens is 2. The lowest BCUT2D eigenvalue weighted by atomic mass is 10.1. The number of nitrogens with zero attached hydrogens (tertiary/aromatic N) is 1. The molecule has 0 saturated heterocycles. The van der Waals surface area contributed by atoms with E-state index < -0.39 is 17.0 Å². The van der Waals surface area contributed by atoms with Gasteiger partial charge < -0.3 is 19.5 Å². The highest BCUT2D eigenvalue weighted by Crippen LogP contribution is 2.26. The van der Waals surface area contributed by atoms with Gasteiger partial charge in [0.1, 0.15) is 12.3 Å². The molecule has 0 atom stereocenters. The maximum Gasteiger partial charge on any atom is 0.341 e. The Morgan fingerprint density at radius 1 is 1.29 bits per heavy atom. The summed E-state index contributed by atoms with van der Waals surface area (Å²) in [4.78, 5) is 23.3. The molecule has 0 saturated carbocycles. The molecule has 0 aliphatic rings. The largest absolute Gasteiger partial charge is 0.477 e. The number of rotatable bonds is 5. The van der Waals surface area contributed by atoms with Crippen LogP contribution in [0.1, 0.15) is 10.4 Å². The number of carboxylic acids is 1. The van der Waals surface area contributed by atoms with Crippen LogP contribution in [0, 0.1) is 0 Å². The van der Waals surface area contributed by atoms with Crippen LogP contribution >= 0.6 is 23.2 Å². The van der Waals surface area contributed by atoms with Gasteiger partial charge in [-0.05, 0) is 12.1 Å². The van der Waals surface area contributed by atoms with Crippen LogP contribution in [0.5, 0.6) is 0 Å². The first-order valence-corrected chi connectivity index (χ1v) is 6.65. The average molecular weight is 332 g/mol. The molecule has 1 heterocycles. The number of benzene rings is 1. The zero-order valence-corrected chi connectivity index (χ0v) is 12.2. The number of pyridine rings is 1. The quantitative estimate of drug-likeness (QED) is 0.817. The molecular formula is C13H11Cl2NO5. The molecule has 0 bridgehead atoms. The SMILES string of the molecule is O=C(O)c1cn(COCCO)c2cc(Cl)c(Cl)cc2c1=O. The van der Waals surface area contributed by atoms with Crippen molar-refractivity contribution in [2.45, 2.75) is 6.73 Å². The fourth-order valence-corrected chi connectivity index (χ4v) is 2.19. The zero-order chi connectivity index (χ0) is 15.6. The Labute approximate surface area is 129 Å². The van der Waals surface area contributed by atoms with Gasteiger partial charge in [0, 0.05) is 11.6 Å². The van der Waals surface area contributed by atoms with E-state index in [0.29, 0.717) is 5.52 Å². The normalized spacial score (nSPS) is 11.0. The Morgan fingerprint density at radius 2 is 1.95 bits per heavy atom. The van der Waals surface area contributed by atoms with E-state index in [1.165, 1.54) is 22.9 Å². The average Bonchev–Trinajstić information content (AvgIpc) is 2.43. The van der Waals surface area contributed by atoms with Crippen molar-refractivity contribution in [1.82, 2.24) is 4.57 Å². The van der Waals surface area contributed by atoms with Crippen molar-refractivity contribution in [3.05, 3.63) is 44.2 Å². The lowest BCUT2D eigenvalue weighted by Crippen LogP contribution is -2.20. The standard InChI is InChI=1S/C13H11Cl2NO5/c14-9-3-7-11(4-10(9)15)16(6-21-2-1-17)5-8(12(7)18)13(19)20/h3-5,17H,1-2,6H2,(H,19,20). The number of hydrogen-bond acceptors (Lipinski definition) is 4. The van der Waals surface area contributed by atoms with Crippen LogP contribution in [0.3, 0.4) is 0 Å². The molecule has 0 radical (unpaired) electrons. The fourth-order valence-electron chi connectivity index (χ4n) is 1.87. The van der Waals surface area contributed by atoms with Gasteiger partial charge in [0.05, 0.1) is 28.8 Å². The summed E-state index contributed by atoms with van der Waals surface area (Å²) in [7, 11) is 0. The molecule has 1 aromatic heterocycles. The summed E-state index contributed by atoms with van der Waals surface area (Å²) in [5.74, 6) is -1.34. The summed E-state index contributed by atoms with van der Waals surface area (Å²) in [6.07, 6.45) is 1.18. The Morgan fingerprint density at radius 3 is 2.57 bits per heavy atom. The van der Waals surface area contributed by atoms with E-state index in [1.807, 2.05) is 0 Å². The van der Waals surface area contributed by atoms with E-state index in [4.69, 9.17) is 38.2 Å². The third-order valence-electron chi connectivity index (χ3n) is 2.82. The lowest BCUT2D eigenvalue weighted by molar-refractivity contribution is 0.0496. The van der Waals surface area contributed by atoms with E-state index in [-0.39, 0.29) is 35.4 Å². The molecule has 8 heteroatoms. The minimum absolute atomic E-state index is 0.0322. The smallest absolute Gasteiger partial charge is 0.341 e. The van der Waals surface area contributed by atoms with Crippen LogP contribution in [-0.2, 0) is 11.5 Å². The first-order valence-electron chi connectivity index (χ1n) is 5.89. The molecule has 2 rings (SSSR count). The second kappa shape index (κ2) is 6.44. The number of carboxylic acid groups (broad SMARTS) is 1. The van der Waals surface area contributed by atoms with Crippen molar-refractivity contribution < 1.29 is 19.7 Å². The van der Waals surface area contributed by atoms with Crippen molar-refractivity contribution in [3.8, 4) is 0 Å². The molecule has 1 aromatic carbocycles. The van der Waals surface area contributed by atoms with Crippen molar-refractivity contribution in [2.75, 3.05) is 13.2 Å². The summed E-state index contributed by atoms with van der Waals surface area (Å²) in [5, 5.41) is 18.3. The van der Waals surface area contributed by atoms with Crippen molar-refractivity contribution in [1.29, 1.82) is 0 Å². The van der Waals surface area contributed by atoms with Crippen molar-refractivity contribution in [3.63, 3.8) is 0 Å². The number of aliphatic hydroxyl groups is 1. The van der Waals surface area contributed by atoms with Gasteiger partial charge in [-0.1, -0.05) is 23.2 Å². The lowest BCUT2D eigenvalue weighted by Gasteiger charge is -2.13. The summed E-state index contributed by atoms with van der Waals surface area (Å²) in [5.41, 5.74) is -0.639. The Bertz CT molecular complexity index is 756. The number of ether oxygens (including phenoxy) is 1. The van der Waals surface area contributed by atoms with E-state index in [0.717, 1.165) is 0 Å². The predicted octanol–water partition coefficient (Wildman–Crippen LogP) is 1.97. The molecule has 0 spiro atoms. The monoisotopic (exact) mass is 331 g/mol. The van der Waals surface area contributed by atoms with Crippen LogP contribution in [0.2, 0.25) is 10.0 Å². The molecule has 2 N–H and O–H groups in total. The molecule has 0 aliphatic heterocycles. The second-order valence-corrected chi connectivity index (χ2v) is 5.01. The molecule has 0 unspecified atom stereocenters. The van der Waals surface area contributed by atoms with Crippen LogP contribution in [0.15, 0.2) is 23.1 Å². The molecule has 6 nitrogen and oxygen atoms in total. The van der Waals surface area contributed by atoms with Gasteiger partial charge in [0.2, 0.25) is 5.43 Å². The molecule has 0 aliphatic carbocycles. The van der Waals surface area contributed by atoms with E-state index >= 15 is 0 Å². The van der Waals surface area contributed by atoms with Gasteiger partial charge in [-0.2, -0.15) is 0 Å². The number of aromatic carboxylic acids is 1. The topological polar surface area (TPSA) is 88.8 Å². The third-order valence-corrected chi connectivity index (χ3v) is 3.54. The molecule has 0 fully saturated rings. The van der Waals surface area contributed by atoms with E-state index in [9.17, 15) is 9.59 Å². The Kier molecular flexibility index (Phi) is 4.84. The summed E-state index contributed by atoms with van der Waals surface area (Å²) in [6.45, 7) is -0.122. The zero-order valence-electron chi connectivity index (χ0n) is 10.7. The molecule has 0 amide bonds. The van der Waals surface area contributed by atoms with Gasteiger partial charge >= 0.3 is 5.97 Å². The maximum absolute atomic E-state index is 12.1. The van der Waals surface area contributed by atoms with Gasteiger partial charge in [-0.25, -0.2) is 4.79 Å². The van der Waals surface area contributed by atoms with Crippen molar-refractivity contribution >= 4 is 40.1 Å². The Balaban J connectivity index is 2.69. The summed E-state index contributed by atoms with van der Waals surface area (Å²) < 4.78 is 6.59. The molecule has 2 aromatic rings. The summed E-state index contributed by atoms with van der Waals surface area (Å²) >= 11 is 11.8. The summed E-state index contributed by atoms with van der Waals surface area (Å²) in [6, 6.07) is 2.80. The number of aromatic nitrogens is 1. The minimum Gasteiger partial charge on any atom is -0.477 e. The van der Waals surface area contributed by atoms with Gasteiger partial charge in [0.25, 0.3) is 0 Å². The van der Waals surface area contributed by atoms with Crippen LogP contribution < -0.4 is 5.43 Å². The molecular weight excluding hydrogens is 321 g/mol. The van der Waals surface area contributed by atoms with Crippen molar-refractivity contribution in [2.24, 2.45) is 0 Å². The van der Waals surface area contributed by atoms with Gasteiger partial charge in [0.15, 0.2) is 0 Å². The van der Waals surface area contributed by atoms with E-state index in [2.05, 4.69) is 0 Å². The molecule has 21 heavy (non-hydrogen) atoms. The molecule has 112 valence electrons. The maximum atomic E-state index is 12.1. The van der Waals surface area contributed by atoms with Crippen LogP contribution in [-0.4, -0.2) is 34.0 Å². The second-order valence-electron chi connectivity index (χ2n) is 4.19. The number of carbonyl (C=O) groups is 1. The number of fused-ring (bicyclic) bond motifs is 1. The number of aliphatic hydroxyl groups excluding tert-OH is 1. The van der Waals surface area contributed by atoms with Gasteiger partial charge in [-0.15, -0.1) is 0 Å². The first-order chi connectivity index (χ1) is 9.95. The fraction of sp³-hybridized carbons (Fsp3) is 0.231. The highest BCUT2D eigenvalue weighted by molar-refractivity contribution is 6.42. The predicted molar refractivity (Wildman–Crippen MR) is 78.2 cm³/mol. The highest BCUT2D eigenvalue weighted by Gasteiger charge is 2.16.